The third-order valence-corrected chi connectivity index (χ3v) is 3.95. The zero-order valence-corrected chi connectivity index (χ0v) is 15.7. The lowest BCUT2D eigenvalue weighted by molar-refractivity contribution is -0.437. The summed E-state index contributed by atoms with van der Waals surface area (Å²) in [6.07, 6.45) is -13.3. The summed E-state index contributed by atoms with van der Waals surface area (Å²) in [5.74, 6) is -15.2. The molecule has 0 aliphatic heterocycles. The monoisotopic (exact) mass is 478 g/mol. The van der Waals surface area contributed by atoms with Gasteiger partial charge in [-0.3, -0.25) is 0 Å². The topological polar surface area (TPSA) is 133 Å². The Hall–Kier alpha value is -4.10. The predicted molar refractivity (Wildman–Crippen MR) is 87.2 cm³/mol. The molecule has 0 saturated carbocycles. The summed E-state index contributed by atoms with van der Waals surface area (Å²) in [7, 11) is 0. The highest BCUT2D eigenvalue weighted by molar-refractivity contribution is 6.03. The number of carboxylic acid groups (broad SMARTS) is 2. The van der Waals surface area contributed by atoms with Crippen molar-refractivity contribution >= 4 is 23.9 Å². The molecule has 0 aliphatic carbocycles. The molecule has 0 spiro atoms. The summed E-state index contributed by atoms with van der Waals surface area (Å²) < 4.78 is 88.8. The molecule has 0 radical (unpaired) electrons. The number of ether oxygens (including phenoxy) is 2. The standard InChI is InChI=1S/C19H10F6O8/c20-18(21,22)17(19(23,24)25,32-15(30)11-7-3-1-5-9(11)13(26)27)33-16(31)12-8-4-2-6-10(12)14(28)29/h1-8H,(H,26,27)(H,28,29)/p-2. The minimum Gasteiger partial charge on any atom is -0.545 e. The highest BCUT2D eigenvalue weighted by atomic mass is 19.4. The van der Waals surface area contributed by atoms with Crippen LogP contribution in [0.3, 0.4) is 0 Å². The van der Waals surface area contributed by atoms with Gasteiger partial charge in [-0.05, 0) is 12.1 Å². The number of hydrogen-bond acceptors (Lipinski definition) is 8. The lowest BCUT2D eigenvalue weighted by Crippen LogP contribution is -2.62. The SMILES string of the molecule is O=C([O-])c1ccccc1C(=O)OC(OC(=O)c1ccccc1C(=O)[O-])(C(F)(F)F)C(F)(F)F. The molecule has 0 bridgehead atoms. The van der Waals surface area contributed by atoms with Gasteiger partial charge in [0.1, 0.15) is 0 Å². The van der Waals surface area contributed by atoms with E-state index in [1.165, 1.54) is 0 Å². The van der Waals surface area contributed by atoms with Crippen molar-refractivity contribution in [1.29, 1.82) is 0 Å². The number of carbonyl (C=O) groups is 4. The van der Waals surface area contributed by atoms with Crippen molar-refractivity contribution in [2.24, 2.45) is 0 Å². The van der Waals surface area contributed by atoms with E-state index < -0.39 is 64.3 Å². The first-order chi connectivity index (χ1) is 15.1. The van der Waals surface area contributed by atoms with E-state index in [0.29, 0.717) is 24.3 Å². The Morgan fingerprint density at radius 2 is 0.848 bits per heavy atom. The van der Waals surface area contributed by atoms with Gasteiger partial charge in [0.15, 0.2) is 0 Å². The van der Waals surface area contributed by atoms with Crippen LogP contribution in [0, 0.1) is 0 Å². The number of halogens is 6. The molecule has 8 nitrogen and oxygen atoms in total. The van der Waals surface area contributed by atoms with Gasteiger partial charge in [-0.2, -0.15) is 26.3 Å². The number of benzene rings is 2. The Balaban J connectivity index is 2.62. The van der Waals surface area contributed by atoms with Crippen molar-refractivity contribution < 1.29 is 65.2 Å². The van der Waals surface area contributed by atoms with E-state index in [2.05, 4.69) is 9.47 Å². The average molecular weight is 478 g/mol. The lowest BCUT2D eigenvalue weighted by atomic mass is 10.1. The highest BCUT2D eigenvalue weighted by Gasteiger charge is 2.79. The molecular weight excluding hydrogens is 470 g/mol. The number of esters is 2. The normalized spacial score (nSPS) is 12.1. The van der Waals surface area contributed by atoms with Gasteiger partial charge in [0.25, 0.3) is 0 Å². The molecule has 0 heterocycles. The van der Waals surface area contributed by atoms with Crippen LogP contribution in [-0.4, -0.2) is 42.0 Å². The molecule has 0 N–H and O–H groups in total. The Morgan fingerprint density at radius 3 is 1.09 bits per heavy atom. The van der Waals surface area contributed by atoms with Gasteiger partial charge >= 0.3 is 30.1 Å². The Bertz CT molecular complexity index is 1020. The van der Waals surface area contributed by atoms with Gasteiger partial charge in [-0.1, -0.05) is 36.4 Å². The van der Waals surface area contributed by atoms with Crippen LogP contribution in [0.2, 0.25) is 0 Å². The first-order valence-corrected chi connectivity index (χ1v) is 8.33. The second kappa shape index (κ2) is 8.80. The fourth-order valence-corrected chi connectivity index (χ4v) is 2.46. The third-order valence-electron chi connectivity index (χ3n) is 3.95. The van der Waals surface area contributed by atoms with Gasteiger partial charge < -0.3 is 29.3 Å². The molecule has 0 saturated heterocycles. The Morgan fingerprint density at radius 1 is 0.576 bits per heavy atom. The first kappa shape index (κ1) is 25.2. The molecule has 0 fully saturated rings. The molecule has 14 heteroatoms. The minimum absolute atomic E-state index is 0.526. The second-order valence-corrected chi connectivity index (χ2v) is 6.06. The predicted octanol–water partition coefficient (Wildman–Crippen LogP) is 1.25. The maximum atomic E-state index is 13.6. The molecule has 0 aliphatic rings. The van der Waals surface area contributed by atoms with Crippen LogP contribution >= 0.6 is 0 Å². The van der Waals surface area contributed by atoms with Crippen molar-refractivity contribution in [3.05, 3.63) is 70.8 Å². The number of rotatable bonds is 6. The molecule has 33 heavy (non-hydrogen) atoms. The molecule has 2 aromatic rings. The molecule has 2 aromatic carbocycles. The molecule has 2 rings (SSSR count). The zero-order valence-electron chi connectivity index (χ0n) is 15.7. The van der Waals surface area contributed by atoms with E-state index in [4.69, 9.17) is 0 Å². The highest BCUT2D eigenvalue weighted by Crippen LogP contribution is 2.47. The second-order valence-electron chi connectivity index (χ2n) is 6.06. The van der Waals surface area contributed by atoms with E-state index in [-0.39, 0.29) is 0 Å². The summed E-state index contributed by atoms with van der Waals surface area (Å²) in [5, 5.41) is 22.1. The molecule has 0 atom stereocenters. The van der Waals surface area contributed by atoms with Crippen molar-refractivity contribution in [3.8, 4) is 0 Å². The maximum absolute atomic E-state index is 13.6. The van der Waals surface area contributed by atoms with Gasteiger partial charge in [-0.15, -0.1) is 0 Å². The third kappa shape index (κ3) is 4.88. The van der Waals surface area contributed by atoms with Crippen molar-refractivity contribution in [2.45, 2.75) is 18.1 Å². The molecule has 0 aromatic heterocycles. The summed E-state index contributed by atoms with van der Waals surface area (Å²) in [4.78, 5) is 46.4. The summed E-state index contributed by atoms with van der Waals surface area (Å²) >= 11 is 0. The van der Waals surface area contributed by atoms with Crippen LogP contribution in [0.4, 0.5) is 26.3 Å². The molecular formula is C19H8F6O8-2. The zero-order chi connectivity index (χ0) is 25.2. The summed E-state index contributed by atoms with van der Waals surface area (Å²) in [6.45, 7) is 0. The quantitative estimate of drug-likeness (QED) is 0.344. The fourth-order valence-electron chi connectivity index (χ4n) is 2.46. The largest absolute Gasteiger partial charge is 0.545 e. The van der Waals surface area contributed by atoms with E-state index in [1.807, 2.05) is 0 Å². The maximum Gasteiger partial charge on any atom is 0.478 e. The van der Waals surface area contributed by atoms with Gasteiger partial charge in [0.05, 0.1) is 23.1 Å². The van der Waals surface area contributed by atoms with E-state index in [0.717, 1.165) is 24.3 Å². The number of alkyl halides is 6. The van der Waals surface area contributed by atoms with E-state index >= 15 is 0 Å². The summed E-state index contributed by atoms with van der Waals surface area (Å²) in [5.41, 5.74) is -4.79. The van der Waals surface area contributed by atoms with Gasteiger partial charge in [-0.25, -0.2) is 9.59 Å². The number of carboxylic acids is 2. The van der Waals surface area contributed by atoms with Gasteiger partial charge in [0, 0.05) is 11.1 Å². The van der Waals surface area contributed by atoms with Crippen molar-refractivity contribution in [1.82, 2.24) is 0 Å². The van der Waals surface area contributed by atoms with Crippen molar-refractivity contribution in [3.63, 3.8) is 0 Å². The van der Waals surface area contributed by atoms with E-state index in [9.17, 15) is 55.7 Å². The smallest absolute Gasteiger partial charge is 0.478 e. The van der Waals surface area contributed by atoms with E-state index in [1.54, 1.807) is 0 Å². The average Bonchev–Trinajstić information content (AvgIpc) is 2.71. The van der Waals surface area contributed by atoms with Gasteiger partial charge in [0.2, 0.25) is 0 Å². The van der Waals surface area contributed by atoms with Crippen LogP contribution in [-0.2, 0) is 9.47 Å². The minimum atomic E-state index is -6.65. The van der Waals surface area contributed by atoms with Crippen LogP contribution in [0.5, 0.6) is 0 Å². The first-order valence-electron chi connectivity index (χ1n) is 8.33. The van der Waals surface area contributed by atoms with Crippen molar-refractivity contribution in [2.75, 3.05) is 0 Å². The Kier molecular flexibility index (Phi) is 6.71. The number of aromatic carboxylic acids is 2. The Labute approximate surface area is 178 Å². The summed E-state index contributed by atoms with van der Waals surface area (Å²) in [6, 6.07) is 6.09. The molecule has 0 unspecified atom stereocenters. The lowest BCUT2D eigenvalue weighted by Gasteiger charge is -2.35. The molecule has 176 valence electrons. The number of carbonyl (C=O) groups excluding carboxylic acids is 4. The van der Waals surface area contributed by atoms with Crippen LogP contribution < -0.4 is 10.2 Å². The molecule has 0 amide bonds. The van der Waals surface area contributed by atoms with Crippen LogP contribution in [0.1, 0.15) is 41.4 Å². The van der Waals surface area contributed by atoms with Crippen LogP contribution in [0.15, 0.2) is 48.5 Å². The van der Waals surface area contributed by atoms with Crippen LogP contribution in [0.25, 0.3) is 0 Å². The number of hydrogen-bond donors (Lipinski definition) is 0. The fraction of sp³-hybridized carbons (Fsp3) is 0.158.